The van der Waals surface area contributed by atoms with E-state index >= 15 is 0 Å². The minimum Gasteiger partial charge on any atom is -0.314 e. The Bertz CT molecular complexity index is 450. The standard InChI is InChI=1S/C12H13BrF4N2.ClH/c13-9-2-1-8(7-10(9)14)11(12(15,16)17)19-5-3-18-4-6-19;/h1-2,7,11,18H,3-6H2;1H/t11-;/m0./s1. The van der Waals surface area contributed by atoms with Crippen molar-refractivity contribution in [3.05, 3.63) is 34.1 Å². The topological polar surface area (TPSA) is 15.3 Å². The zero-order valence-corrected chi connectivity index (χ0v) is 12.8. The summed E-state index contributed by atoms with van der Waals surface area (Å²) in [5.74, 6) is -0.679. The van der Waals surface area contributed by atoms with Gasteiger partial charge in [-0.15, -0.1) is 12.4 Å². The van der Waals surface area contributed by atoms with E-state index in [-0.39, 0.29) is 22.4 Å². The molecule has 1 aliphatic rings. The molecule has 1 aliphatic heterocycles. The SMILES string of the molecule is Cl.Fc1cc([C@H](N2CCNCC2)C(F)(F)F)ccc1Br. The number of piperazine rings is 1. The number of halogens is 6. The van der Waals surface area contributed by atoms with E-state index in [1.165, 1.54) is 17.0 Å². The maximum absolute atomic E-state index is 13.4. The highest BCUT2D eigenvalue weighted by Gasteiger charge is 2.45. The van der Waals surface area contributed by atoms with Gasteiger partial charge < -0.3 is 5.32 Å². The molecule has 0 radical (unpaired) electrons. The lowest BCUT2D eigenvalue weighted by Crippen LogP contribution is -2.49. The Kier molecular flexibility index (Phi) is 6.25. The summed E-state index contributed by atoms with van der Waals surface area (Å²) >= 11 is 2.95. The zero-order valence-electron chi connectivity index (χ0n) is 10.4. The van der Waals surface area contributed by atoms with Crippen LogP contribution in [0.15, 0.2) is 22.7 Å². The Morgan fingerprint density at radius 1 is 1.20 bits per heavy atom. The summed E-state index contributed by atoms with van der Waals surface area (Å²) in [5.41, 5.74) is -0.0601. The van der Waals surface area contributed by atoms with Crippen molar-refractivity contribution in [2.75, 3.05) is 26.2 Å². The van der Waals surface area contributed by atoms with E-state index in [4.69, 9.17) is 0 Å². The molecule has 0 aliphatic carbocycles. The molecule has 0 saturated carbocycles. The van der Waals surface area contributed by atoms with E-state index in [9.17, 15) is 17.6 Å². The normalized spacial score (nSPS) is 18.4. The fourth-order valence-electron chi connectivity index (χ4n) is 2.23. The number of alkyl halides is 3. The number of rotatable bonds is 2. The van der Waals surface area contributed by atoms with Crippen LogP contribution in [0.25, 0.3) is 0 Å². The van der Waals surface area contributed by atoms with Crippen LogP contribution in [0.4, 0.5) is 17.6 Å². The van der Waals surface area contributed by atoms with Gasteiger partial charge in [0.1, 0.15) is 11.9 Å². The highest BCUT2D eigenvalue weighted by Crippen LogP contribution is 2.38. The molecule has 2 rings (SSSR count). The summed E-state index contributed by atoms with van der Waals surface area (Å²) in [4.78, 5) is 1.33. The molecule has 1 heterocycles. The van der Waals surface area contributed by atoms with Crippen LogP contribution in [-0.2, 0) is 0 Å². The summed E-state index contributed by atoms with van der Waals surface area (Å²) in [7, 11) is 0. The van der Waals surface area contributed by atoms with E-state index in [2.05, 4.69) is 21.2 Å². The second-order valence-electron chi connectivity index (χ2n) is 4.40. The first-order valence-corrected chi connectivity index (χ1v) is 6.65. The van der Waals surface area contributed by atoms with Gasteiger partial charge in [-0.3, -0.25) is 4.90 Å². The molecule has 1 N–H and O–H groups in total. The fourth-order valence-corrected chi connectivity index (χ4v) is 2.48. The molecule has 0 amide bonds. The van der Waals surface area contributed by atoms with Crippen LogP contribution in [0.1, 0.15) is 11.6 Å². The summed E-state index contributed by atoms with van der Waals surface area (Å²) in [5, 5.41) is 3.00. The smallest absolute Gasteiger partial charge is 0.314 e. The minimum atomic E-state index is -4.42. The summed E-state index contributed by atoms with van der Waals surface area (Å²) < 4.78 is 53.3. The van der Waals surface area contributed by atoms with Gasteiger partial charge in [-0.1, -0.05) is 6.07 Å². The highest BCUT2D eigenvalue weighted by atomic mass is 79.9. The highest BCUT2D eigenvalue weighted by molar-refractivity contribution is 9.10. The maximum atomic E-state index is 13.4. The molecule has 1 saturated heterocycles. The van der Waals surface area contributed by atoms with Gasteiger partial charge in [0.05, 0.1) is 4.47 Å². The summed E-state index contributed by atoms with van der Waals surface area (Å²) in [6, 6.07) is 1.82. The second-order valence-corrected chi connectivity index (χ2v) is 5.26. The Hall–Kier alpha value is -0.370. The largest absolute Gasteiger partial charge is 0.408 e. The molecular formula is C12H14BrClF4N2. The fraction of sp³-hybridized carbons (Fsp3) is 0.500. The molecule has 1 aromatic rings. The van der Waals surface area contributed by atoms with Gasteiger partial charge in [0.15, 0.2) is 0 Å². The van der Waals surface area contributed by atoms with E-state index in [0.717, 1.165) is 6.07 Å². The third-order valence-corrected chi connectivity index (χ3v) is 3.73. The Morgan fingerprint density at radius 2 is 1.80 bits per heavy atom. The van der Waals surface area contributed by atoms with Gasteiger partial charge in [0, 0.05) is 26.2 Å². The molecule has 20 heavy (non-hydrogen) atoms. The van der Waals surface area contributed by atoms with Gasteiger partial charge in [-0.2, -0.15) is 13.2 Å². The number of hydrogen-bond donors (Lipinski definition) is 1. The predicted molar refractivity (Wildman–Crippen MR) is 74.6 cm³/mol. The van der Waals surface area contributed by atoms with E-state index < -0.39 is 18.0 Å². The molecule has 0 aromatic heterocycles. The predicted octanol–water partition coefficient (Wildman–Crippen LogP) is 3.52. The van der Waals surface area contributed by atoms with Crippen molar-refractivity contribution >= 4 is 28.3 Å². The van der Waals surface area contributed by atoms with Crippen molar-refractivity contribution in [1.82, 2.24) is 10.2 Å². The molecule has 0 bridgehead atoms. The molecule has 114 valence electrons. The van der Waals surface area contributed by atoms with Gasteiger partial charge in [0.2, 0.25) is 0 Å². The lowest BCUT2D eigenvalue weighted by molar-refractivity contribution is -0.187. The monoisotopic (exact) mass is 376 g/mol. The summed E-state index contributed by atoms with van der Waals surface area (Å²) in [6.45, 7) is 1.60. The number of hydrogen-bond acceptors (Lipinski definition) is 2. The van der Waals surface area contributed by atoms with Crippen molar-refractivity contribution in [2.45, 2.75) is 12.2 Å². The average molecular weight is 378 g/mol. The third kappa shape index (κ3) is 4.07. The first-order valence-electron chi connectivity index (χ1n) is 5.86. The van der Waals surface area contributed by atoms with Crippen LogP contribution in [0.3, 0.4) is 0 Å². The minimum absolute atomic E-state index is 0. The van der Waals surface area contributed by atoms with Crippen molar-refractivity contribution in [2.24, 2.45) is 0 Å². The summed E-state index contributed by atoms with van der Waals surface area (Å²) in [6.07, 6.45) is -4.42. The molecule has 0 spiro atoms. The zero-order chi connectivity index (χ0) is 14.0. The van der Waals surface area contributed by atoms with Gasteiger partial charge in [0.25, 0.3) is 0 Å². The molecule has 8 heteroatoms. The molecule has 1 atom stereocenters. The van der Waals surface area contributed by atoms with Gasteiger partial charge in [-0.05, 0) is 33.6 Å². The Morgan fingerprint density at radius 3 is 2.30 bits per heavy atom. The second kappa shape index (κ2) is 7.06. The Balaban J connectivity index is 0.00000200. The molecule has 2 nitrogen and oxygen atoms in total. The van der Waals surface area contributed by atoms with Crippen LogP contribution in [0, 0.1) is 5.82 Å². The molecule has 1 fully saturated rings. The van der Waals surface area contributed by atoms with Crippen LogP contribution < -0.4 is 5.32 Å². The molecular weight excluding hydrogens is 363 g/mol. The van der Waals surface area contributed by atoms with E-state index in [0.29, 0.717) is 26.2 Å². The average Bonchev–Trinajstić information content (AvgIpc) is 2.34. The maximum Gasteiger partial charge on any atom is 0.408 e. The number of benzene rings is 1. The van der Waals surface area contributed by atoms with E-state index in [1.54, 1.807) is 0 Å². The van der Waals surface area contributed by atoms with Crippen molar-refractivity contribution < 1.29 is 17.6 Å². The first kappa shape index (κ1) is 17.7. The number of nitrogens with zero attached hydrogens (tertiary/aromatic N) is 1. The Labute approximate surface area is 129 Å². The molecule has 0 unspecified atom stereocenters. The van der Waals surface area contributed by atoms with Crippen molar-refractivity contribution in [3.8, 4) is 0 Å². The quantitative estimate of drug-likeness (QED) is 0.794. The van der Waals surface area contributed by atoms with Crippen molar-refractivity contribution in [1.29, 1.82) is 0 Å². The third-order valence-electron chi connectivity index (χ3n) is 3.09. The van der Waals surface area contributed by atoms with Crippen LogP contribution in [-0.4, -0.2) is 37.3 Å². The number of nitrogens with one attached hydrogen (secondary N) is 1. The van der Waals surface area contributed by atoms with Crippen molar-refractivity contribution in [3.63, 3.8) is 0 Å². The van der Waals surface area contributed by atoms with Crippen LogP contribution in [0.5, 0.6) is 0 Å². The van der Waals surface area contributed by atoms with Crippen LogP contribution >= 0.6 is 28.3 Å². The van der Waals surface area contributed by atoms with Crippen LogP contribution in [0.2, 0.25) is 0 Å². The van der Waals surface area contributed by atoms with Gasteiger partial charge in [-0.25, -0.2) is 4.39 Å². The van der Waals surface area contributed by atoms with E-state index in [1.807, 2.05) is 0 Å². The lowest BCUT2D eigenvalue weighted by Gasteiger charge is -2.36. The lowest BCUT2D eigenvalue weighted by atomic mass is 10.0. The molecule has 1 aromatic carbocycles. The van der Waals surface area contributed by atoms with Gasteiger partial charge >= 0.3 is 6.18 Å². The first-order chi connectivity index (χ1) is 8.89.